The van der Waals surface area contributed by atoms with E-state index in [9.17, 15) is 9.59 Å². The molecule has 0 atom stereocenters. The van der Waals surface area contributed by atoms with Gasteiger partial charge in [-0.25, -0.2) is 4.79 Å². The molecule has 4 rings (SSSR count). The molecule has 2 aliphatic heterocycles. The largest absolute Gasteiger partial charge is 0.465 e. The average molecular weight is 359 g/mol. The Labute approximate surface area is 155 Å². The second-order valence-corrected chi connectivity index (χ2v) is 6.17. The van der Waals surface area contributed by atoms with E-state index in [0.29, 0.717) is 16.9 Å². The highest BCUT2D eigenvalue weighted by molar-refractivity contribution is 5.96. The van der Waals surface area contributed by atoms with Gasteiger partial charge in [-0.3, -0.25) is 4.79 Å². The number of rotatable bonds is 3. The molecule has 2 aromatic rings. The van der Waals surface area contributed by atoms with Crippen molar-refractivity contribution in [3.63, 3.8) is 0 Å². The summed E-state index contributed by atoms with van der Waals surface area (Å²) in [7, 11) is 1.31. The molecule has 2 aliphatic rings. The maximum Gasteiger partial charge on any atom is 0.341 e. The zero-order chi connectivity index (χ0) is 19.0. The third-order valence-electron chi connectivity index (χ3n) is 4.47. The molecule has 2 aromatic carbocycles. The molecule has 6 nitrogen and oxygen atoms in total. The third kappa shape index (κ3) is 2.81. The lowest BCUT2D eigenvalue weighted by molar-refractivity contribution is 0.0600. The Hall–Kier alpha value is -3.67. The Morgan fingerprint density at radius 2 is 1.70 bits per heavy atom. The number of nitrogens with zero attached hydrogens (tertiary/aromatic N) is 3. The molecule has 0 radical (unpaired) electrons. The number of ether oxygens (including phenoxy) is 1. The van der Waals surface area contributed by atoms with E-state index in [1.165, 1.54) is 11.8 Å². The van der Waals surface area contributed by atoms with Gasteiger partial charge >= 0.3 is 5.97 Å². The predicted molar refractivity (Wildman–Crippen MR) is 102 cm³/mol. The molecule has 0 unspecified atom stereocenters. The van der Waals surface area contributed by atoms with E-state index in [2.05, 4.69) is 5.10 Å². The Morgan fingerprint density at radius 1 is 1.00 bits per heavy atom. The Kier molecular flexibility index (Phi) is 4.08. The number of carbonyl (C=O) groups excluding carboxylic acids is 1. The fraction of sp³-hybridized carbons (Fsp3) is 0.0952. The van der Waals surface area contributed by atoms with Gasteiger partial charge in [0, 0.05) is 18.1 Å². The molecule has 0 aromatic heterocycles. The number of fused-ring (bicyclic) bond motifs is 1. The summed E-state index contributed by atoms with van der Waals surface area (Å²) in [5.41, 5.74) is 3.15. The van der Waals surface area contributed by atoms with Gasteiger partial charge in [0.25, 0.3) is 5.56 Å². The van der Waals surface area contributed by atoms with E-state index in [-0.39, 0.29) is 11.1 Å². The lowest BCUT2D eigenvalue weighted by Crippen LogP contribution is -2.15. The van der Waals surface area contributed by atoms with Crippen LogP contribution in [0.1, 0.15) is 15.9 Å². The van der Waals surface area contributed by atoms with Crippen LogP contribution in [0.3, 0.4) is 0 Å². The van der Waals surface area contributed by atoms with Gasteiger partial charge in [-0.15, -0.1) is 0 Å². The van der Waals surface area contributed by atoms with Gasteiger partial charge in [0.1, 0.15) is 11.3 Å². The minimum atomic E-state index is -0.541. The first-order valence-electron chi connectivity index (χ1n) is 8.45. The van der Waals surface area contributed by atoms with Crippen LogP contribution in [-0.2, 0) is 4.74 Å². The van der Waals surface area contributed by atoms with Gasteiger partial charge in [0.2, 0.25) is 0 Å². The van der Waals surface area contributed by atoms with E-state index in [1.807, 2.05) is 49.4 Å². The summed E-state index contributed by atoms with van der Waals surface area (Å²) < 4.78 is 7.99. The van der Waals surface area contributed by atoms with Gasteiger partial charge in [-0.2, -0.15) is 9.78 Å². The van der Waals surface area contributed by atoms with Crippen molar-refractivity contribution in [2.75, 3.05) is 7.11 Å². The second-order valence-electron chi connectivity index (χ2n) is 6.17. The zero-order valence-electron chi connectivity index (χ0n) is 14.9. The van der Waals surface area contributed by atoms with Crippen LogP contribution >= 0.6 is 0 Å². The normalized spacial score (nSPS) is 10.9. The van der Waals surface area contributed by atoms with Crippen LogP contribution in [0.25, 0.3) is 22.6 Å². The number of hydrogen-bond acceptors (Lipinski definition) is 4. The van der Waals surface area contributed by atoms with Gasteiger partial charge in [-0.05, 0) is 30.7 Å². The molecule has 2 heterocycles. The van der Waals surface area contributed by atoms with Gasteiger partial charge in [-0.1, -0.05) is 36.4 Å². The quantitative estimate of drug-likeness (QED) is 0.527. The van der Waals surface area contributed by atoms with Crippen molar-refractivity contribution in [3.8, 4) is 22.6 Å². The summed E-state index contributed by atoms with van der Waals surface area (Å²) in [4.78, 5) is 25.4. The van der Waals surface area contributed by atoms with Crippen LogP contribution in [0.15, 0.2) is 71.8 Å². The number of benzene rings is 2. The molecule has 0 N–H and O–H groups in total. The smallest absolute Gasteiger partial charge is 0.341 e. The average Bonchev–Trinajstić information content (AvgIpc) is 3.04. The standard InChI is InChI=1S/C21H17N3O3/c1-14-8-6-7-11-18(14)23-12-16-19(17(13-23)21(26)27-2)22-24(20(16)25)15-9-4-3-5-10-15/h3-13H,1-2H3. The predicted octanol–water partition coefficient (Wildman–Crippen LogP) is 3.22. The van der Waals surface area contributed by atoms with Crippen LogP contribution in [0.2, 0.25) is 0 Å². The topological polar surface area (TPSA) is 66.1 Å². The van der Waals surface area contributed by atoms with E-state index in [4.69, 9.17) is 4.74 Å². The molecule has 0 amide bonds. The van der Waals surface area contributed by atoms with Crippen molar-refractivity contribution in [2.45, 2.75) is 6.92 Å². The van der Waals surface area contributed by atoms with Crippen LogP contribution < -0.4 is 5.56 Å². The van der Waals surface area contributed by atoms with E-state index >= 15 is 0 Å². The molecular formula is C21H17N3O3. The molecule has 0 spiro atoms. The Morgan fingerprint density at radius 3 is 2.41 bits per heavy atom. The molecular weight excluding hydrogens is 342 g/mol. The van der Waals surface area contributed by atoms with Crippen molar-refractivity contribution >= 4 is 5.97 Å². The van der Waals surface area contributed by atoms with Crippen molar-refractivity contribution < 1.29 is 9.53 Å². The number of hydrogen-bond donors (Lipinski definition) is 0. The minimum absolute atomic E-state index is 0.241. The molecule has 6 heteroatoms. The van der Waals surface area contributed by atoms with E-state index in [0.717, 1.165) is 11.3 Å². The third-order valence-corrected chi connectivity index (χ3v) is 4.47. The summed E-state index contributed by atoms with van der Waals surface area (Å²) in [6.45, 7) is 1.97. The SMILES string of the molecule is COC(=O)c1cn(-c2ccccc2C)cc2c(=O)n(-c3ccccc3)nc1-2. The fourth-order valence-electron chi connectivity index (χ4n) is 3.10. The molecule has 0 aliphatic carbocycles. The maximum absolute atomic E-state index is 13.0. The number of aromatic nitrogens is 3. The monoisotopic (exact) mass is 359 g/mol. The number of esters is 1. The van der Waals surface area contributed by atoms with Gasteiger partial charge in [0.15, 0.2) is 0 Å². The first-order valence-corrected chi connectivity index (χ1v) is 8.45. The van der Waals surface area contributed by atoms with Crippen molar-refractivity contribution in [1.82, 2.24) is 14.3 Å². The highest BCUT2D eigenvalue weighted by atomic mass is 16.5. The van der Waals surface area contributed by atoms with Gasteiger partial charge < -0.3 is 9.30 Å². The molecule has 0 fully saturated rings. The minimum Gasteiger partial charge on any atom is -0.465 e. The van der Waals surface area contributed by atoms with Crippen molar-refractivity contribution in [1.29, 1.82) is 0 Å². The Bertz CT molecular complexity index is 1160. The fourth-order valence-corrected chi connectivity index (χ4v) is 3.10. The highest BCUT2D eigenvalue weighted by Gasteiger charge is 2.25. The molecule has 134 valence electrons. The van der Waals surface area contributed by atoms with E-state index in [1.54, 1.807) is 29.1 Å². The van der Waals surface area contributed by atoms with Crippen molar-refractivity contribution in [2.24, 2.45) is 0 Å². The van der Waals surface area contributed by atoms with Crippen LogP contribution in [-0.4, -0.2) is 27.4 Å². The van der Waals surface area contributed by atoms with E-state index < -0.39 is 5.97 Å². The second kappa shape index (κ2) is 6.57. The number of carbonyl (C=O) groups is 1. The van der Waals surface area contributed by atoms with Crippen LogP contribution in [0.5, 0.6) is 0 Å². The first kappa shape index (κ1) is 16.8. The lowest BCUT2D eigenvalue weighted by atomic mass is 10.1. The summed E-state index contributed by atoms with van der Waals surface area (Å²) in [6.07, 6.45) is 3.36. The zero-order valence-corrected chi connectivity index (χ0v) is 14.9. The maximum atomic E-state index is 13.0. The molecule has 0 bridgehead atoms. The molecule has 0 saturated heterocycles. The van der Waals surface area contributed by atoms with Crippen molar-refractivity contribution in [3.05, 3.63) is 88.5 Å². The number of methoxy groups -OCH3 is 1. The molecule has 27 heavy (non-hydrogen) atoms. The Balaban J connectivity index is 2.03. The summed E-state index contributed by atoms with van der Waals surface area (Å²) in [5.74, 6) is -0.541. The number of pyridine rings is 1. The molecule has 0 saturated carbocycles. The van der Waals surface area contributed by atoms with Crippen LogP contribution in [0, 0.1) is 6.92 Å². The van der Waals surface area contributed by atoms with Gasteiger partial charge in [0.05, 0.1) is 18.4 Å². The van der Waals surface area contributed by atoms with Crippen LogP contribution in [0.4, 0.5) is 0 Å². The first-order chi connectivity index (χ1) is 13.1. The summed E-state index contributed by atoms with van der Waals surface area (Å²) in [6, 6.07) is 16.8. The highest BCUT2D eigenvalue weighted by Crippen LogP contribution is 2.25. The lowest BCUT2D eigenvalue weighted by Gasteiger charge is -2.13. The summed E-state index contributed by atoms with van der Waals surface area (Å²) in [5, 5.41) is 4.40. The number of aryl methyl sites for hydroxylation is 1. The number of para-hydroxylation sites is 2. The summed E-state index contributed by atoms with van der Waals surface area (Å²) >= 11 is 0.